The molecular formula is C18H15BrClNO2. The van der Waals surface area contributed by atoms with Crippen LogP contribution >= 0.6 is 27.5 Å². The van der Waals surface area contributed by atoms with Crippen molar-refractivity contribution in [1.29, 1.82) is 5.26 Å². The first-order chi connectivity index (χ1) is 11.1. The molecule has 0 radical (unpaired) electrons. The highest BCUT2D eigenvalue weighted by Crippen LogP contribution is 2.36. The van der Waals surface area contributed by atoms with Crippen LogP contribution in [0.3, 0.4) is 0 Å². The number of benzene rings is 2. The van der Waals surface area contributed by atoms with Crippen molar-refractivity contribution in [1.82, 2.24) is 0 Å². The fourth-order valence-corrected chi connectivity index (χ4v) is 2.77. The standard InChI is InChI=1S/C18H15BrClNO2/c1-3-23-18-10-15(19)12(9-17(18)22-2)8-13(11-21)14-6-4-5-7-16(14)20/h4-10H,3H2,1-2H3. The summed E-state index contributed by atoms with van der Waals surface area (Å²) in [6.07, 6.45) is 1.77. The number of ether oxygens (including phenoxy) is 2. The van der Waals surface area contributed by atoms with E-state index >= 15 is 0 Å². The van der Waals surface area contributed by atoms with Crippen LogP contribution in [-0.4, -0.2) is 13.7 Å². The summed E-state index contributed by atoms with van der Waals surface area (Å²) in [6, 6.07) is 13.1. The zero-order valence-corrected chi connectivity index (χ0v) is 15.1. The summed E-state index contributed by atoms with van der Waals surface area (Å²) in [5.74, 6) is 1.26. The van der Waals surface area contributed by atoms with Crippen molar-refractivity contribution in [2.24, 2.45) is 0 Å². The monoisotopic (exact) mass is 391 g/mol. The van der Waals surface area contributed by atoms with E-state index in [9.17, 15) is 5.26 Å². The van der Waals surface area contributed by atoms with E-state index in [1.54, 1.807) is 19.3 Å². The highest BCUT2D eigenvalue weighted by Gasteiger charge is 2.11. The van der Waals surface area contributed by atoms with Gasteiger partial charge in [-0.2, -0.15) is 5.26 Å². The van der Waals surface area contributed by atoms with Gasteiger partial charge in [-0.3, -0.25) is 0 Å². The number of hydrogen-bond donors (Lipinski definition) is 0. The van der Waals surface area contributed by atoms with Gasteiger partial charge in [0.25, 0.3) is 0 Å². The van der Waals surface area contributed by atoms with Crippen LogP contribution in [0.15, 0.2) is 40.9 Å². The predicted octanol–water partition coefficient (Wildman–Crippen LogP) is 5.57. The number of halogens is 2. The molecule has 0 N–H and O–H groups in total. The molecule has 118 valence electrons. The van der Waals surface area contributed by atoms with Gasteiger partial charge < -0.3 is 9.47 Å². The zero-order chi connectivity index (χ0) is 16.8. The van der Waals surface area contributed by atoms with E-state index < -0.39 is 0 Å². The molecule has 0 spiro atoms. The van der Waals surface area contributed by atoms with Crippen molar-refractivity contribution in [3.8, 4) is 17.6 Å². The van der Waals surface area contributed by atoms with E-state index in [4.69, 9.17) is 21.1 Å². The first-order valence-electron chi connectivity index (χ1n) is 6.97. The smallest absolute Gasteiger partial charge is 0.162 e. The summed E-state index contributed by atoms with van der Waals surface area (Å²) in [7, 11) is 1.58. The van der Waals surface area contributed by atoms with Crippen LogP contribution in [0.4, 0.5) is 0 Å². The lowest BCUT2D eigenvalue weighted by Crippen LogP contribution is -1.96. The lowest BCUT2D eigenvalue weighted by atomic mass is 10.0. The Kier molecular flexibility index (Phi) is 6.09. The third-order valence-electron chi connectivity index (χ3n) is 3.17. The maximum Gasteiger partial charge on any atom is 0.162 e. The third-order valence-corrected chi connectivity index (χ3v) is 4.18. The maximum atomic E-state index is 9.47. The molecule has 0 aliphatic rings. The van der Waals surface area contributed by atoms with Crippen molar-refractivity contribution in [2.75, 3.05) is 13.7 Å². The Hall–Kier alpha value is -1.96. The minimum atomic E-state index is 0.475. The van der Waals surface area contributed by atoms with Crippen molar-refractivity contribution in [3.63, 3.8) is 0 Å². The van der Waals surface area contributed by atoms with Gasteiger partial charge in [-0.1, -0.05) is 45.7 Å². The summed E-state index contributed by atoms with van der Waals surface area (Å²) in [5.41, 5.74) is 1.97. The highest BCUT2D eigenvalue weighted by atomic mass is 79.9. The molecule has 0 unspecified atom stereocenters. The molecule has 2 aromatic carbocycles. The molecule has 3 nitrogen and oxygen atoms in total. The number of hydrogen-bond acceptors (Lipinski definition) is 3. The molecule has 0 aromatic heterocycles. The van der Waals surface area contributed by atoms with E-state index in [0.717, 1.165) is 10.0 Å². The second-order valence-corrected chi connectivity index (χ2v) is 5.87. The van der Waals surface area contributed by atoms with E-state index in [1.807, 2.05) is 37.3 Å². The minimum Gasteiger partial charge on any atom is -0.493 e. The molecule has 0 fully saturated rings. The van der Waals surface area contributed by atoms with Crippen molar-refractivity contribution in [3.05, 3.63) is 57.0 Å². The number of nitrogens with zero attached hydrogens (tertiary/aromatic N) is 1. The van der Waals surface area contributed by atoms with Crippen LogP contribution in [0.1, 0.15) is 18.1 Å². The number of methoxy groups -OCH3 is 1. The molecule has 0 amide bonds. The highest BCUT2D eigenvalue weighted by molar-refractivity contribution is 9.10. The van der Waals surface area contributed by atoms with Gasteiger partial charge >= 0.3 is 0 Å². The van der Waals surface area contributed by atoms with Crippen LogP contribution in [0.25, 0.3) is 11.6 Å². The first-order valence-corrected chi connectivity index (χ1v) is 8.14. The Morgan fingerprint density at radius 1 is 1.30 bits per heavy atom. The quantitative estimate of drug-likeness (QED) is 0.493. The fraction of sp³-hybridized carbons (Fsp3) is 0.167. The third kappa shape index (κ3) is 4.07. The van der Waals surface area contributed by atoms with Crippen molar-refractivity contribution < 1.29 is 9.47 Å². The van der Waals surface area contributed by atoms with Crippen LogP contribution < -0.4 is 9.47 Å². The SMILES string of the molecule is CCOc1cc(Br)c(C=C(C#N)c2ccccc2Cl)cc1OC. The summed E-state index contributed by atoms with van der Waals surface area (Å²) in [6.45, 7) is 2.45. The van der Waals surface area contributed by atoms with Crippen LogP contribution in [0.2, 0.25) is 5.02 Å². The Balaban J connectivity index is 2.53. The average molecular weight is 393 g/mol. The maximum absolute atomic E-state index is 9.47. The van der Waals surface area contributed by atoms with Crippen LogP contribution in [0.5, 0.6) is 11.5 Å². The van der Waals surface area contributed by atoms with Crippen LogP contribution in [-0.2, 0) is 0 Å². The molecular weight excluding hydrogens is 378 g/mol. The number of rotatable bonds is 5. The second kappa shape index (κ2) is 8.05. The number of allylic oxidation sites excluding steroid dienone is 1. The second-order valence-electron chi connectivity index (χ2n) is 4.61. The molecule has 0 aliphatic carbocycles. The van der Waals surface area contributed by atoms with Gasteiger partial charge in [0, 0.05) is 15.1 Å². The van der Waals surface area contributed by atoms with Crippen molar-refractivity contribution in [2.45, 2.75) is 6.92 Å². The molecule has 0 saturated carbocycles. The Bertz CT molecular complexity index is 781. The molecule has 2 aromatic rings. The number of nitriles is 1. The van der Waals surface area contributed by atoms with Gasteiger partial charge in [0.1, 0.15) is 0 Å². The van der Waals surface area contributed by atoms with Gasteiger partial charge in [0.05, 0.1) is 25.4 Å². The Morgan fingerprint density at radius 3 is 2.65 bits per heavy atom. The van der Waals surface area contributed by atoms with E-state index in [1.165, 1.54) is 0 Å². The Labute approximate surface area is 149 Å². The van der Waals surface area contributed by atoms with E-state index in [2.05, 4.69) is 22.0 Å². The largest absolute Gasteiger partial charge is 0.493 e. The Morgan fingerprint density at radius 2 is 2.04 bits per heavy atom. The van der Waals surface area contributed by atoms with Gasteiger partial charge in [-0.25, -0.2) is 0 Å². The summed E-state index contributed by atoms with van der Waals surface area (Å²) >= 11 is 9.69. The van der Waals surface area contributed by atoms with E-state index in [-0.39, 0.29) is 0 Å². The first kappa shape index (κ1) is 17.4. The average Bonchev–Trinajstić information content (AvgIpc) is 2.55. The fourth-order valence-electron chi connectivity index (χ4n) is 2.09. The predicted molar refractivity (Wildman–Crippen MR) is 96.8 cm³/mol. The summed E-state index contributed by atoms with van der Waals surface area (Å²) in [5, 5.41) is 10.0. The molecule has 5 heteroatoms. The molecule has 0 bridgehead atoms. The van der Waals surface area contributed by atoms with Crippen LogP contribution in [0, 0.1) is 11.3 Å². The lowest BCUT2D eigenvalue weighted by molar-refractivity contribution is 0.310. The van der Waals surface area contributed by atoms with E-state index in [0.29, 0.717) is 34.3 Å². The molecule has 23 heavy (non-hydrogen) atoms. The summed E-state index contributed by atoms with van der Waals surface area (Å²) in [4.78, 5) is 0. The van der Waals surface area contributed by atoms with Crippen molar-refractivity contribution >= 4 is 39.2 Å². The zero-order valence-electron chi connectivity index (χ0n) is 12.8. The lowest BCUT2D eigenvalue weighted by Gasteiger charge is -2.12. The molecule has 0 heterocycles. The molecule has 0 saturated heterocycles. The van der Waals surface area contributed by atoms with Gasteiger partial charge in [0.2, 0.25) is 0 Å². The molecule has 0 aliphatic heterocycles. The molecule has 0 atom stereocenters. The normalized spacial score (nSPS) is 11.0. The topological polar surface area (TPSA) is 42.2 Å². The van der Waals surface area contributed by atoms with Gasteiger partial charge in [-0.05, 0) is 36.8 Å². The van der Waals surface area contributed by atoms with Gasteiger partial charge in [-0.15, -0.1) is 0 Å². The molecule has 2 rings (SSSR count). The minimum absolute atomic E-state index is 0.475. The summed E-state index contributed by atoms with van der Waals surface area (Å²) < 4.78 is 11.7. The van der Waals surface area contributed by atoms with Gasteiger partial charge in [0.15, 0.2) is 11.5 Å².